The van der Waals surface area contributed by atoms with Crippen LogP contribution in [-0.4, -0.2) is 47.3 Å². The first kappa shape index (κ1) is 20.1. The lowest BCUT2D eigenvalue weighted by molar-refractivity contribution is 0.0461. The number of aryl methyl sites for hydroxylation is 1. The Labute approximate surface area is 174 Å². The predicted molar refractivity (Wildman–Crippen MR) is 114 cm³/mol. The number of carbonyl (C=O) groups excluding carboxylic acids is 1. The molecule has 0 spiro atoms. The van der Waals surface area contributed by atoms with Crippen LogP contribution in [0.15, 0.2) is 53.6 Å². The lowest BCUT2D eigenvalue weighted by Crippen LogP contribution is -2.22. The van der Waals surface area contributed by atoms with E-state index in [4.69, 9.17) is 4.74 Å². The molecule has 0 aliphatic heterocycles. The number of para-hydroxylation sites is 1. The van der Waals surface area contributed by atoms with Crippen molar-refractivity contribution in [1.82, 2.24) is 18.8 Å². The van der Waals surface area contributed by atoms with E-state index in [-0.39, 0.29) is 11.5 Å². The van der Waals surface area contributed by atoms with E-state index in [1.54, 1.807) is 24.4 Å². The first-order valence-electron chi connectivity index (χ1n) is 9.48. The van der Waals surface area contributed by atoms with Crippen LogP contribution in [0.1, 0.15) is 23.1 Å². The third kappa shape index (κ3) is 3.35. The molecular weight excluding hydrogens is 404 g/mol. The van der Waals surface area contributed by atoms with Crippen LogP contribution in [0.4, 0.5) is 0 Å². The third-order valence-corrected chi connectivity index (χ3v) is 6.85. The van der Waals surface area contributed by atoms with Crippen LogP contribution >= 0.6 is 0 Å². The number of ether oxygens (including phenoxy) is 1. The molecule has 0 bridgehead atoms. The van der Waals surface area contributed by atoms with E-state index in [2.05, 4.69) is 9.97 Å². The maximum atomic E-state index is 12.6. The Morgan fingerprint density at radius 1 is 1.20 bits per heavy atom. The SMILES string of the molecule is CCn1c(COC(=O)c2c[nH]c3ccccc23)nc2cc(S(=O)(=O)N(C)C)ccc21. The highest BCUT2D eigenvalue weighted by atomic mass is 32.2. The Balaban J connectivity index is 1.63. The average molecular weight is 426 g/mol. The van der Waals surface area contributed by atoms with E-state index in [0.29, 0.717) is 23.4 Å². The fraction of sp³-hybridized carbons (Fsp3) is 0.238. The number of nitrogens with one attached hydrogen (secondary N) is 1. The van der Waals surface area contributed by atoms with Gasteiger partial charge in [0.2, 0.25) is 10.0 Å². The van der Waals surface area contributed by atoms with Gasteiger partial charge in [-0.15, -0.1) is 0 Å². The van der Waals surface area contributed by atoms with E-state index in [0.717, 1.165) is 20.7 Å². The van der Waals surface area contributed by atoms with Crippen molar-refractivity contribution >= 4 is 37.9 Å². The summed E-state index contributed by atoms with van der Waals surface area (Å²) >= 11 is 0. The first-order valence-corrected chi connectivity index (χ1v) is 10.9. The van der Waals surface area contributed by atoms with Gasteiger partial charge in [-0.25, -0.2) is 22.5 Å². The molecule has 0 amide bonds. The van der Waals surface area contributed by atoms with Gasteiger partial charge in [-0.1, -0.05) is 18.2 Å². The Morgan fingerprint density at radius 3 is 2.70 bits per heavy atom. The molecule has 8 nitrogen and oxygen atoms in total. The van der Waals surface area contributed by atoms with Gasteiger partial charge in [0.1, 0.15) is 12.4 Å². The Kier molecular flexibility index (Phi) is 5.08. The summed E-state index contributed by atoms with van der Waals surface area (Å²) in [6, 6.07) is 12.3. The van der Waals surface area contributed by atoms with E-state index in [9.17, 15) is 13.2 Å². The molecule has 2 aromatic carbocycles. The number of esters is 1. The van der Waals surface area contributed by atoms with Gasteiger partial charge in [0, 0.05) is 37.7 Å². The van der Waals surface area contributed by atoms with Crippen molar-refractivity contribution in [3.05, 3.63) is 60.0 Å². The molecule has 0 aliphatic rings. The number of carbonyl (C=O) groups is 1. The Morgan fingerprint density at radius 2 is 1.97 bits per heavy atom. The van der Waals surface area contributed by atoms with Gasteiger partial charge in [0.05, 0.1) is 21.5 Å². The highest BCUT2D eigenvalue weighted by Gasteiger charge is 2.20. The van der Waals surface area contributed by atoms with Crippen molar-refractivity contribution in [2.24, 2.45) is 0 Å². The van der Waals surface area contributed by atoms with Gasteiger partial charge in [0.25, 0.3) is 0 Å². The average Bonchev–Trinajstić information content (AvgIpc) is 3.32. The van der Waals surface area contributed by atoms with Gasteiger partial charge in [-0.3, -0.25) is 0 Å². The largest absolute Gasteiger partial charge is 0.454 e. The normalized spacial score (nSPS) is 12.1. The van der Waals surface area contributed by atoms with Crippen molar-refractivity contribution in [2.45, 2.75) is 25.0 Å². The molecule has 0 unspecified atom stereocenters. The summed E-state index contributed by atoms with van der Waals surface area (Å²) in [5.74, 6) is 0.109. The molecule has 0 atom stereocenters. The van der Waals surface area contributed by atoms with E-state index in [1.807, 2.05) is 35.8 Å². The topological polar surface area (TPSA) is 97.3 Å². The second-order valence-electron chi connectivity index (χ2n) is 7.03. The fourth-order valence-electron chi connectivity index (χ4n) is 3.44. The second kappa shape index (κ2) is 7.58. The fourth-order valence-corrected chi connectivity index (χ4v) is 4.36. The van der Waals surface area contributed by atoms with Crippen LogP contribution in [0.2, 0.25) is 0 Å². The molecule has 9 heteroatoms. The summed E-state index contributed by atoms with van der Waals surface area (Å²) in [5.41, 5.74) is 2.65. The lowest BCUT2D eigenvalue weighted by Gasteiger charge is -2.11. The summed E-state index contributed by atoms with van der Waals surface area (Å²) in [6.07, 6.45) is 1.63. The summed E-state index contributed by atoms with van der Waals surface area (Å²) < 4.78 is 33.4. The lowest BCUT2D eigenvalue weighted by atomic mass is 10.2. The number of rotatable bonds is 6. The van der Waals surface area contributed by atoms with E-state index < -0.39 is 16.0 Å². The summed E-state index contributed by atoms with van der Waals surface area (Å²) in [7, 11) is -0.588. The van der Waals surface area contributed by atoms with Gasteiger partial charge in [-0.2, -0.15) is 0 Å². The molecular formula is C21H22N4O4S. The predicted octanol–water partition coefficient (Wildman–Crippen LogP) is 3.14. The summed E-state index contributed by atoms with van der Waals surface area (Å²) in [5, 5.41) is 0.796. The number of benzene rings is 2. The van der Waals surface area contributed by atoms with Crippen LogP contribution in [0.25, 0.3) is 21.9 Å². The highest BCUT2D eigenvalue weighted by molar-refractivity contribution is 7.89. The standard InChI is InChI=1S/C21H22N4O4S/c1-4-25-19-10-9-14(30(27,28)24(2)3)11-18(19)23-20(25)13-29-21(26)16-12-22-17-8-6-5-7-15(16)17/h5-12,22H,4,13H2,1-3H3. The zero-order chi connectivity index (χ0) is 21.5. The molecule has 0 saturated carbocycles. The quantitative estimate of drug-likeness (QED) is 0.478. The number of hydrogen-bond donors (Lipinski definition) is 1. The van der Waals surface area contributed by atoms with Gasteiger partial charge in [-0.05, 0) is 31.2 Å². The molecule has 2 aromatic heterocycles. The molecule has 0 saturated heterocycles. The van der Waals surface area contributed by atoms with Gasteiger partial charge >= 0.3 is 5.97 Å². The van der Waals surface area contributed by atoms with E-state index in [1.165, 1.54) is 14.1 Å². The van der Waals surface area contributed by atoms with Crippen molar-refractivity contribution in [3.8, 4) is 0 Å². The molecule has 4 aromatic rings. The van der Waals surface area contributed by atoms with Crippen LogP contribution in [0, 0.1) is 0 Å². The first-order chi connectivity index (χ1) is 14.3. The van der Waals surface area contributed by atoms with Crippen molar-refractivity contribution in [2.75, 3.05) is 14.1 Å². The third-order valence-electron chi connectivity index (χ3n) is 5.04. The monoisotopic (exact) mass is 426 g/mol. The van der Waals surface area contributed by atoms with Gasteiger partial charge < -0.3 is 14.3 Å². The van der Waals surface area contributed by atoms with Crippen molar-refractivity contribution in [3.63, 3.8) is 0 Å². The number of fused-ring (bicyclic) bond motifs is 2. The van der Waals surface area contributed by atoms with E-state index >= 15 is 0 Å². The Hall–Kier alpha value is -3.17. The molecule has 30 heavy (non-hydrogen) atoms. The molecule has 0 fully saturated rings. The number of sulfonamides is 1. The van der Waals surface area contributed by atoms with Crippen LogP contribution < -0.4 is 0 Å². The highest BCUT2D eigenvalue weighted by Crippen LogP contribution is 2.23. The molecule has 156 valence electrons. The molecule has 0 aliphatic carbocycles. The van der Waals surface area contributed by atoms with Crippen molar-refractivity contribution in [1.29, 1.82) is 0 Å². The maximum absolute atomic E-state index is 12.6. The molecule has 1 N–H and O–H groups in total. The van der Waals surface area contributed by atoms with Gasteiger partial charge in [0.15, 0.2) is 0 Å². The number of H-pyrrole nitrogens is 1. The number of nitrogens with zero attached hydrogens (tertiary/aromatic N) is 3. The summed E-state index contributed by atoms with van der Waals surface area (Å²) in [6.45, 7) is 2.55. The van der Waals surface area contributed by atoms with Crippen LogP contribution in [0.3, 0.4) is 0 Å². The van der Waals surface area contributed by atoms with Crippen molar-refractivity contribution < 1.29 is 17.9 Å². The summed E-state index contributed by atoms with van der Waals surface area (Å²) in [4.78, 5) is 20.4. The second-order valence-corrected chi connectivity index (χ2v) is 9.19. The zero-order valence-corrected chi connectivity index (χ0v) is 17.7. The molecule has 0 radical (unpaired) electrons. The minimum absolute atomic E-state index is 0.0172. The minimum Gasteiger partial charge on any atom is -0.454 e. The van der Waals surface area contributed by atoms with Crippen LogP contribution in [-0.2, 0) is 27.9 Å². The number of hydrogen-bond acceptors (Lipinski definition) is 5. The smallest absolute Gasteiger partial charge is 0.340 e. The number of aromatic nitrogens is 3. The van der Waals surface area contributed by atoms with Crippen LogP contribution in [0.5, 0.6) is 0 Å². The number of aromatic amines is 1. The number of imidazole rings is 1. The molecule has 2 heterocycles. The molecule has 4 rings (SSSR count). The zero-order valence-electron chi connectivity index (χ0n) is 16.9. The minimum atomic E-state index is -3.56. The maximum Gasteiger partial charge on any atom is 0.340 e. The Bertz CT molecular complexity index is 1350.